The third-order valence-electron chi connectivity index (χ3n) is 7.10. The van der Waals surface area contributed by atoms with Crippen molar-refractivity contribution in [2.75, 3.05) is 28.4 Å². The molecule has 40 heavy (non-hydrogen) atoms. The summed E-state index contributed by atoms with van der Waals surface area (Å²) in [7, 11) is -3.85. The molecule has 0 radical (unpaired) electrons. The van der Waals surface area contributed by atoms with Crippen LogP contribution in [0.4, 0.5) is 17.1 Å². The number of fused-ring (bicyclic) bond motifs is 1. The number of rotatable bonds is 8. The predicted octanol–water partition coefficient (Wildman–Crippen LogP) is 5.41. The molecule has 2 aliphatic heterocycles. The van der Waals surface area contributed by atoms with E-state index in [0.29, 0.717) is 28.2 Å². The maximum absolute atomic E-state index is 13.3. The van der Waals surface area contributed by atoms with Gasteiger partial charge in [-0.15, -0.1) is 0 Å². The van der Waals surface area contributed by atoms with Crippen molar-refractivity contribution in [1.82, 2.24) is 9.88 Å². The van der Waals surface area contributed by atoms with Crippen molar-refractivity contribution < 1.29 is 13.2 Å². The minimum atomic E-state index is -3.85. The summed E-state index contributed by atoms with van der Waals surface area (Å²) in [4.78, 5) is 19.8. The van der Waals surface area contributed by atoms with Crippen molar-refractivity contribution in [2.24, 2.45) is 0 Å². The molecule has 0 aliphatic carbocycles. The minimum absolute atomic E-state index is 0.0558. The van der Waals surface area contributed by atoms with Crippen LogP contribution in [-0.2, 0) is 21.4 Å². The fraction of sp³-hybridized carbons (Fsp3) is 0.161. The zero-order chi connectivity index (χ0) is 27.5. The van der Waals surface area contributed by atoms with E-state index in [-0.39, 0.29) is 10.8 Å². The Labute approximate surface area is 233 Å². The van der Waals surface area contributed by atoms with Gasteiger partial charge >= 0.3 is 0 Å². The van der Waals surface area contributed by atoms with Crippen molar-refractivity contribution in [2.45, 2.75) is 24.3 Å². The first-order valence-corrected chi connectivity index (χ1v) is 14.7. The Morgan fingerprint density at radius 1 is 0.900 bits per heavy atom. The second kappa shape index (κ2) is 11.0. The summed E-state index contributed by atoms with van der Waals surface area (Å²) in [5.74, 6) is -0.265. The van der Waals surface area contributed by atoms with Gasteiger partial charge in [0.15, 0.2) is 0 Å². The Balaban J connectivity index is 1.35. The maximum atomic E-state index is 13.3. The van der Waals surface area contributed by atoms with Crippen LogP contribution in [-0.4, -0.2) is 37.3 Å². The molecule has 3 N–H and O–H groups in total. The maximum Gasteiger partial charge on any atom is 0.263 e. The van der Waals surface area contributed by atoms with Gasteiger partial charge in [0.05, 0.1) is 11.3 Å². The zero-order valence-corrected chi connectivity index (χ0v) is 22.6. The van der Waals surface area contributed by atoms with Crippen LogP contribution in [0.3, 0.4) is 0 Å². The summed E-state index contributed by atoms with van der Waals surface area (Å²) < 4.78 is 28.4. The average molecular weight is 552 g/mol. The van der Waals surface area contributed by atoms with Crippen molar-refractivity contribution in [3.63, 3.8) is 0 Å². The highest BCUT2D eigenvalue weighted by Gasteiger charge is 2.29. The predicted molar refractivity (Wildman–Crippen MR) is 158 cm³/mol. The molecule has 9 heteroatoms. The SMILES string of the molecule is O=C1Nc2ccc(NS(=O)(=O)c3cccnc3)cc2/C1=C(\Nc1ccc(CN2CCCC2)cc1)c1ccccc1. The Bertz CT molecular complexity index is 1670. The molecule has 3 heterocycles. The highest BCUT2D eigenvalue weighted by Crippen LogP contribution is 2.39. The van der Waals surface area contributed by atoms with Gasteiger partial charge in [-0.2, -0.15) is 0 Å². The molecule has 1 fully saturated rings. The van der Waals surface area contributed by atoms with Gasteiger partial charge in [-0.25, -0.2) is 8.42 Å². The van der Waals surface area contributed by atoms with Gasteiger partial charge in [-0.3, -0.25) is 19.4 Å². The van der Waals surface area contributed by atoms with Crippen molar-refractivity contribution >= 4 is 44.3 Å². The molecule has 202 valence electrons. The van der Waals surface area contributed by atoms with Crippen LogP contribution in [0.1, 0.15) is 29.5 Å². The van der Waals surface area contributed by atoms with E-state index in [1.165, 1.54) is 36.9 Å². The molecule has 8 nitrogen and oxygen atoms in total. The summed E-state index contributed by atoms with van der Waals surface area (Å²) in [6, 6.07) is 26.0. The van der Waals surface area contributed by atoms with E-state index >= 15 is 0 Å². The van der Waals surface area contributed by atoms with Crippen LogP contribution in [0.15, 0.2) is 102 Å². The first-order valence-electron chi connectivity index (χ1n) is 13.2. The van der Waals surface area contributed by atoms with Crippen molar-refractivity contribution in [3.8, 4) is 0 Å². The normalized spacial score (nSPS) is 16.4. The number of anilines is 3. The van der Waals surface area contributed by atoms with Gasteiger partial charge in [0.2, 0.25) is 0 Å². The molecule has 3 aromatic carbocycles. The highest BCUT2D eigenvalue weighted by molar-refractivity contribution is 7.92. The second-order valence-corrected chi connectivity index (χ2v) is 11.6. The minimum Gasteiger partial charge on any atom is -0.354 e. The summed E-state index contributed by atoms with van der Waals surface area (Å²) in [5, 5.41) is 6.41. The van der Waals surface area contributed by atoms with Gasteiger partial charge in [0, 0.05) is 41.6 Å². The van der Waals surface area contributed by atoms with Crippen LogP contribution in [0.2, 0.25) is 0 Å². The van der Waals surface area contributed by atoms with E-state index in [1.54, 1.807) is 24.3 Å². The average Bonchev–Trinajstić information content (AvgIpc) is 3.60. The largest absolute Gasteiger partial charge is 0.354 e. The Morgan fingerprint density at radius 2 is 1.65 bits per heavy atom. The number of amides is 1. The Morgan fingerprint density at radius 3 is 2.38 bits per heavy atom. The number of benzene rings is 3. The number of nitrogens with zero attached hydrogens (tertiary/aromatic N) is 2. The fourth-order valence-corrected chi connectivity index (χ4v) is 6.13. The first-order chi connectivity index (χ1) is 19.5. The summed E-state index contributed by atoms with van der Waals surface area (Å²) in [6.07, 6.45) is 5.32. The quantitative estimate of drug-likeness (QED) is 0.253. The Hall–Kier alpha value is -4.47. The molecule has 0 bridgehead atoms. The summed E-state index contributed by atoms with van der Waals surface area (Å²) in [6.45, 7) is 3.21. The highest BCUT2D eigenvalue weighted by atomic mass is 32.2. The number of hydrogen-bond acceptors (Lipinski definition) is 6. The third kappa shape index (κ3) is 5.47. The second-order valence-electron chi connectivity index (χ2n) is 9.93. The van der Waals surface area contributed by atoms with E-state index in [2.05, 4.69) is 37.4 Å². The molecule has 0 unspecified atom stereocenters. The van der Waals surface area contributed by atoms with Gasteiger partial charge in [-0.1, -0.05) is 42.5 Å². The van der Waals surface area contributed by atoms with Gasteiger partial charge in [0.25, 0.3) is 15.9 Å². The lowest BCUT2D eigenvalue weighted by Crippen LogP contribution is -2.18. The van der Waals surface area contributed by atoms with Gasteiger partial charge in [0.1, 0.15) is 4.90 Å². The standard InChI is InChI=1S/C31H29N5O3S/c37-31-29(27-19-25(14-15-28(27)34-31)35-40(38,39)26-9-6-16-32-20-26)30(23-7-2-1-3-8-23)33-24-12-10-22(11-13-24)21-36-17-4-5-18-36/h1-3,6-16,19-20,33,35H,4-5,17-18,21H2,(H,34,37)/b30-29+. The lowest BCUT2D eigenvalue weighted by atomic mass is 9.99. The molecule has 1 saturated heterocycles. The molecule has 6 rings (SSSR count). The number of aromatic nitrogens is 1. The lowest BCUT2D eigenvalue weighted by Gasteiger charge is -2.17. The van der Waals surface area contributed by atoms with Crippen LogP contribution >= 0.6 is 0 Å². The van der Waals surface area contributed by atoms with Gasteiger partial charge < -0.3 is 10.6 Å². The lowest BCUT2D eigenvalue weighted by molar-refractivity contribution is -0.110. The molecular formula is C31H29N5O3S. The number of hydrogen-bond donors (Lipinski definition) is 3. The summed E-state index contributed by atoms with van der Waals surface area (Å²) in [5.41, 5.74) is 5.57. The zero-order valence-electron chi connectivity index (χ0n) is 21.8. The van der Waals surface area contributed by atoms with Crippen molar-refractivity contribution in [3.05, 3.63) is 114 Å². The Kier molecular flexibility index (Phi) is 7.06. The smallest absolute Gasteiger partial charge is 0.263 e. The van der Waals surface area contributed by atoms with Gasteiger partial charge in [-0.05, 0) is 79.5 Å². The first kappa shape index (κ1) is 25.8. The molecular weight excluding hydrogens is 522 g/mol. The molecule has 1 amide bonds. The van der Waals surface area contributed by atoms with Crippen LogP contribution in [0.25, 0.3) is 11.3 Å². The number of carbonyl (C=O) groups is 1. The van der Waals surface area contributed by atoms with E-state index in [4.69, 9.17) is 0 Å². The van der Waals surface area contributed by atoms with E-state index in [0.717, 1.165) is 30.9 Å². The molecule has 0 saturated carbocycles. The van der Waals surface area contributed by atoms with E-state index < -0.39 is 10.0 Å². The molecule has 0 atom stereocenters. The number of carbonyl (C=O) groups excluding carboxylic acids is 1. The van der Waals surface area contributed by atoms with E-state index in [9.17, 15) is 13.2 Å². The van der Waals surface area contributed by atoms with Crippen molar-refractivity contribution in [1.29, 1.82) is 0 Å². The van der Waals surface area contributed by atoms with E-state index in [1.807, 2.05) is 42.5 Å². The number of likely N-dealkylation sites (tertiary alicyclic amines) is 1. The number of pyridine rings is 1. The number of nitrogens with one attached hydrogen (secondary N) is 3. The monoisotopic (exact) mass is 551 g/mol. The van der Waals surface area contributed by atoms with Crippen LogP contribution < -0.4 is 15.4 Å². The topological polar surface area (TPSA) is 103 Å². The summed E-state index contributed by atoms with van der Waals surface area (Å²) >= 11 is 0. The van der Waals surface area contributed by atoms with Crippen LogP contribution in [0.5, 0.6) is 0 Å². The molecule has 1 aromatic heterocycles. The fourth-order valence-electron chi connectivity index (χ4n) is 5.12. The third-order valence-corrected chi connectivity index (χ3v) is 8.47. The number of sulfonamides is 1. The van der Waals surface area contributed by atoms with Crippen LogP contribution in [0, 0.1) is 0 Å². The molecule has 0 spiro atoms. The molecule has 2 aliphatic rings. The molecule has 4 aromatic rings.